The minimum absolute atomic E-state index is 0.449. The van der Waals surface area contributed by atoms with Gasteiger partial charge in [0.2, 0.25) is 0 Å². The van der Waals surface area contributed by atoms with Crippen molar-refractivity contribution in [1.29, 1.82) is 0 Å². The fourth-order valence-electron chi connectivity index (χ4n) is 1.76. The van der Waals surface area contributed by atoms with Crippen LogP contribution in [0.3, 0.4) is 0 Å². The van der Waals surface area contributed by atoms with Gasteiger partial charge in [0, 0.05) is 5.02 Å². The molecule has 3 heteroatoms. The lowest BCUT2D eigenvalue weighted by molar-refractivity contribution is 0.147. The van der Waals surface area contributed by atoms with Crippen LogP contribution in [0.2, 0.25) is 5.02 Å². The first-order chi connectivity index (χ1) is 8.18. The van der Waals surface area contributed by atoms with Gasteiger partial charge >= 0.3 is 0 Å². The van der Waals surface area contributed by atoms with Gasteiger partial charge in [-0.25, -0.2) is 0 Å². The van der Waals surface area contributed by atoms with Crippen LogP contribution in [0.25, 0.3) is 0 Å². The van der Waals surface area contributed by atoms with E-state index >= 15 is 0 Å². The van der Waals surface area contributed by atoms with Crippen LogP contribution in [0.1, 0.15) is 23.3 Å². The van der Waals surface area contributed by atoms with Crippen molar-refractivity contribution in [3.05, 3.63) is 70.7 Å². The predicted octanol–water partition coefficient (Wildman–Crippen LogP) is 3.07. The molecule has 0 amide bonds. The molecule has 88 valence electrons. The quantitative estimate of drug-likeness (QED) is 0.876. The Bertz CT molecular complexity index is 487. The molecule has 0 spiro atoms. The molecule has 2 nitrogen and oxygen atoms in total. The summed E-state index contributed by atoms with van der Waals surface area (Å²) in [6, 6.07) is 16.2. The van der Waals surface area contributed by atoms with Crippen LogP contribution in [0, 0.1) is 0 Å². The lowest BCUT2D eigenvalue weighted by Gasteiger charge is -2.19. The van der Waals surface area contributed by atoms with Crippen LogP contribution >= 0.6 is 11.6 Å². The summed E-state index contributed by atoms with van der Waals surface area (Å²) in [5.74, 6) is 0. The van der Waals surface area contributed by atoms with E-state index in [9.17, 15) is 5.11 Å². The van der Waals surface area contributed by atoms with Gasteiger partial charge in [-0.1, -0.05) is 54.1 Å². The summed E-state index contributed by atoms with van der Waals surface area (Å²) in [5.41, 5.74) is 7.66. The van der Waals surface area contributed by atoms with Gasteiger partial charge in [-0.3, -0.25) is 0 Å². The van der Waals surface area contributed by atoms with E-state index in [4.69, 9.17) is 17.3 Å². The van der Waals surface area contributed by atoms with Crippen molar-refractivity contribution >= 4 is 11.6 Å². The van der Waals surface area contributed by atoms with Gasteiger partial charge in [0.25, 0.3) is 0 Å². The SMILES string of the molecule is N[C@H](c1ccccc1)[C@H](O)c1cccc(Cl)c1. The van der Waals surface area contributed by atoms with Crippen LogP contribution < -0.4 is 5.73 Å². The molecule has 0 aliphatic heterocycles. The summed E-state index contributed by atoms with van der Waals surface area (Å²) in [5, 5.41) is 10.8. The summed E-state index contributed by atoms with van der Waals surface area (Å²) < 4.78 is 0. The third-order valence-electron chi connectivity index (χ3n) is 2.71. The molecular formula is C14H14ClNO. The zero-order valence-electron chi connectivity index (χ0n) is 9.25. The Balaban J connectivity index is 2.23. The van der Waals surface area contributed by atoms with Crippen LogP contribution in [0.4, 0.5) is 0 Å². The Kier molecular flexibility index (Phi) is 3.79. The molecule has 0 saturated heterocycles. The standard InChI is InChI=1S/C14H14ClNO/c15-12-8-4-7-11(9-12)14(17)13(16)10-5-2-1-3-6-10/h1-9,13-14,17H,16H2/t13-,14-/m1/s1. The number of hydrogen-bond donors (Lipinski definition) is 2. The third-order valence-corrected chi connectivity index (χ3v) is 2.95. The molecule has 17 heavy (non-hydrogen) atoms. The molecule has 3 N–H and O–H groups in total. The Labute approximate surface area is 106 Å². The molecule has 0 aliphatic carbocycles. The van der Waals surface area contributed by atoms with Gasteiger partial charge in [-0.05, 0) is 23.3 Å². The fourth-order valence-corrected chi connectivity index (χ4v) is 1.95. The largest absolute Gasteiger partial charge is 0.386 e. The average molecular weight is 248 g/mol. The van der Waals surface area contributed by atoms with Gasteiger partial charge in [0.1, 0.15) is 0 Å². The maximum atomic E-state index is 10.2. The highest BCUT2D eigenvalue weighted by Gasteiger charge is 2.18. The molecular weight excluding hydrogens is 234 g/mol. The van der Waals surface area contributed by atoms with Crippen LogP contribution in [0.15, 0.2) is 54.6 Å². The molecule has 2 aromatic carbocycles. The second kappa shape index (κ2) is 5.32. The number of benzene rings is 2. The number of nitrogens with two attached hydrogens (primary N) is 1. The first-order valence-corrected chi connectivity index (χ1v) is 5.80. The lowest BCUT2D eigenvalue weighted by Crippen LogP contribution is -2.19. The Morgan fingerprint density at radius 1 is 0.941 bits per heavy atom. The molecule has 0 heterocycles. The Morgan fingerprint density at radius 2 is 1.59 bits per heavy atom. The number of hydrogen-bond acceptors (Lipinski definition) is 2. The van der Waals surface area contributed by atoms with Crippen LogP contribution in [-0.4, -0.2) is 5.11 Å². The van der Waals surface area contributed by atoms with E-state index in [1.165, 1.54) is 0 Å². The van der Waals surface area contributed by atoms with Crippen molar-refractivity contribution in [1.82, 2.24) is 0 Å². The topological polar surface area (TPSA) is 46.2 Å². The lowest BCUT2D eigenvalue weighted by atomic mass is 9.97. The van der Waals surface area contributed by atoms with E-state index in [1.54, 1.807) is 18.2 Å². The molecule has 2 atom stereocenters. The van der Waals surface area contributed by atoms with Crippen molar-refractivity contribution in [2.75, 3.05) is 0 Å². The molecule has 0 unspecified atom stereocenters. The Morgan fingerprint density at radius 3 is 2.24 bits per heavy atom. The van der Waals surface area contributed by atoms with E-state index in [0.29, 0.717) is 5.02 Å². The molecule has 2 aromatic rings. The first kappa shape index (κ1) is 12.1. The highest BCUT2D eigenvalue weighted by atomic mass is 35.5. The van der Waals surface area contributed by atoms with Gasteiger partial charge in [-0.15, -0.1) is 0 Å². The highest BCUT2D eigenvalue weighted by molar-refractivity contribution is 6.30. The molecule has 0 bridgehead atoms. The fraction of sp³-hybridized carbons (Fsp3) is 0.143. The minimum Gasteiger partial charge on any atom is -0.386 e. The van der Waals surface area contributed by atoms with Crippen LogP contribution in [0.5, 0.6) is 0 Å². The molecule has 0 saturated carbocycles. The normalized spacial score (nSPS) is 14.3. The second-order valence-corrected chi connectivity index (χ2v) is 4.37. The van der Waals surface area contributed by atoms with Crippen molar-refractivity contribution in [2.24, 2.45) is 5.73 Å². The molecule has 0 fully saturated rings. The van der Waals surface area contributed by atoms with Crippen molar-refractivity contribution in [2.45, 2.75) is 12.1 Å². The smallest absolute Gasteiger partial charge is 0.0983 e. The predicted molar refractivity (Wildman–Crippen MR) is 69.8 cm³/mol. The van der Waals surface area contributed by atoms with Crippen LogP contribution in [-0.2, 0) is 0 Å². The third kappa shape index (κ3) is 2.86. The van der Waals surface area contributed by atoms with E-state index in [-0.39, 0.29) is 0 Å². The van der Waals surface area contributed by atoms with Gasteiger partial charge in [0.05, 0.1) is 12.1 Å². The summed E-state index contributed by atoms with van der Waals surface area (Å²) in [6.45, 7) is 0. The summed E-state index contributed by atoms with van der Waals surface area (Å²) in [4.78, 5) is 0. The molecule has 0 radical (unpaired) electrons. The zero-order chi connectivity index (χ0) is 12.3. The first-order valence-electron chi connectivity index (χ1n) is 5.42. The number of halogens is 1. The second-order valence-electron chi connectivity index (χ2n) is 3.94. The van der Waals surface area contributed by atoms with E-state index in [1.807, 2.05) is 36.4 Å². The van der Waals surface area contributed by atoms with E-state index < -0.39 is 12.1 Å². The van der Waals surface area contributed by atoms with Gasteiger partial charge in [-0.2, -0.15) is 0 Å². The van der Waals surface area contributed by atoms with Crippen molar-refractivity contribution in [3.63, 3.8) is 0 Å². The van der Waals surface area contributed by atoms with Crippen molar-refractivity contribution < 1.29 is 5.11 Å². The highest BCUT2D eigenvalue weighted by Crippen LogP contribution is 2.27. The van der Waals surface area contributed by atoms with E-state index in [2.05, 4.69) is 0 Å². The molecule has 0 aliphatic rings. The molecule has 0 aromatic heterocycles. The monoisotopic (exact) mass is 247 g/mol. The maximum absolute atomic E-state index is 10.2. The maximum Gasteiger partial charge on any atom is 0.0983 e. The van der Waals surface area contributed by atoms with E-state index in [0.717, 1.165) is 11.1 Å². The number of aliphatic hydroxyl groups is 1. The summed E-state index contributed by atoms with van der Waals surface area (Å²) >= 11 is 5.89. The summed E-state index contributed by atoms with van der Waals surface area (Å²) in [7, 11) is 0. The molecule has 2 rings (SSSR count). The van der Waals surface area contributed by atoms with Gasteiger partial charge in [0.15, 0.2) is 0 Å². The zero-order valence-corrected chi connectivity index (χ0v) is 10.0. The summed E-state index contributed by atoms with van der Waals surface area (Å²) in [6.07, 6.45) is -0.754. The van der Waals surface area contributed by atoms with Gasteiger partial charge < -0.3 is 10.8 Å². The number of rotatable bonds is 3. The number of aliphatic hydroxyl groups excluding tert-OH is 1. The average Bonchev–Trinajstić information content (AvgIpc) is 2.38. The minimum atomic E-state index is -0.754. The van der Waals surface area contributed by atoms with Crippen molar-refractivity contribution in [3.8, 4) is 0 Å². The Hall–Kier alpha value is -1.35.